The van der Waals surface area contributed by atoms with E-state index >= 15 is 0 Å². The van der Waals surface area contributed by atoms with Crippen molar-refractivity contribution in [3.63, 3.8) is 0 Å². The molecule has 8 nitrogen and oxygen atoms in total. The summed E-state index contributed by atoms with van der Waals surface area (Å²) in [5.41, 5.74) is 0. The topological polar surface area (TPSA) is 89.0 Å². The first-order valence-electron chi connectivity index (χ1n) is 7.44. The lowest BCUT2D eigenvalue weighted by Crippen LogP contribution is -2.61. The highest BCUT2D eigenvalue weighted by Crippen LogP contribution is 2.21. The van der Waals surface area contributed by atoms with Crippen LogP contribution in [-0.4, -0.2) is 79.8 Å². The number of nitrogens with zero attached hydrogens (tertiary/aromatic N) is 3. The van der Waals surface area contributed by atoms with Crippen LogP contribution in [0.25, 0.3) is 0 Å². The third-order valence-electron chi connectivity index (χ3n) is 3.95. The molecule has 2 fully saturated rings. The van der Waals surface area contributed by atoms with Gasteiger partial charge in [0, 0.05) is 32.4 Å². The van der Waals surface area contributed by atoms with Crippen molar-refractivity contribution in [1.82, 2.24) is 14.2 Å². The van der Waals surface area contributed by atoms with Gasteiger partial charge in [-0.25, -0.2) is 8.42 Å². The number of amides is 1. The quantitative estimate of drug-likeness (QED) is 0.706. The lowest BCUT2D eigenvalue weighted by Gasteiger charge is -2.41. The smallest absolute Gasteiger partial charge is 0.260 e. The Balaban J connectivity index is 1.47. The van der Waals surface area contributed by atoms with Crippen LogP contribution in [-0.2, 0) is 19.6 Å². The van der Waals surface area contributed by atoms with Crippen LogP contribution in [0.1, 0.15) is 0 Å². The summed E-state index contributed by atoms with van der Waals surface area (Å²) in [5.74, 6) is 0.293. The van der Waals surface area contributed by atoms with E-state index in [1.165, 1.54) is 15.4 Å². The average Bonchev–Trinajstić information content (AvgIpc) is 2.53. The number of morpholine rings is 1. The summed E-state index contributed by atoms with van der Waals surface area (Å²) in [6.07, 6.45) is 3.14. The van der Waals surface area contributed by atoms with Crippen molar-refractivity contribution < 1.29 is 22.7 Å². The summed E-state index contributed by atoms with van der Waals surface area (Å²) < 4.78 is 36.8. The normalized spacial score (nSPS) is 20.1. The van der Waals surface area contributed by atoms with Crippen molar-refractivity contribution in [1.29, 1.82) is 0 Å². The molecule has 0 bridgehead atoms. The predicted molar refractivity (Wildman–Crippen MR) is 81.4 cm³/mol. The highest BCUT2D eigenvalue weighted by atomic mass is 32.2. The third-order valence-corrected chi connectivity index (χ3v) is 6.17. The molecule has 126 valence electrons. The third kappa shape index (κ3) is 3.62. The number of sulfonamides is 1. The molecular formula is C14H19N3O5S. The number of ether oxygens (including phenoxy) is 2. The zero-order valence-corrected chi connectivity index (χ0v) is 13.4. The second-order valence-corrected chi connectivity index (χ2v) is 7.67. The minimum absolute atomic E-state index is 0.115. The number of carbonyl (C=O) groups is 1. The van der Waals surface area contributed by atoms with Crippen LogP contribution in [0.4, 0.5) is 0 Å². The Bertz CT molecular complexity index is 640. The van der Waals surface area contributed by atoms with E-state index in [0.29, 0.717) is 32.1 Å². The Kier molecular flexibility index (Phi) is 4.79. The van der Waals surface area contributed by atoms with Crippen LogP contribution in [0.3, 0.4) is 0 Å². The molecule has 0 saturated carbocycles. The fourth-order valence-electron chi connectivity index (χ4n) is 2.51. The Morgan fingerprint density at radius 1 is 1.35 bits per heavy atom. The second-order valence-electron chi connectivity index (χ2n) is 5.45. The van der Waals surface area contributed by atoms with Crippen LogP contribution in [0, 0.1) is 0 Å². The van der Waals surface area contributed by atoms with Crippen LogP contribution in [0.2, 0.25) is 0 Å². The first-order chi connectivity index (χ1) is 11.1. The second kappa shape index (κ2) is 6.81. The summed E-state index contributed by atoms with van der Waals surface area (Å²) in [4.78, 5) is 17.4. The molecule has 1 aromatic heterocycles. The lowest BCUT2D eigenvalue weighted by atomic mass is 10.2. The molecule has 1 amide bonds. The Morgan fingerprint density at radius 3 is 2.74 bits per heavy atom. The minimum atomic E-state index is -3.35. The molecule has 0 atom stereocenters. The number of carbonyl (C=O) groups excluding carboxylic acids is 1. The highest BCUT2D eigenvalue weighted by Gasteiger charge is 2.43. The number of hydrogen-bond donors (Lipinski definition) is 0. The molecule has 3 rings (SSSR count). The van der Waals surface area contributed by atoms with E-state index in [2.05, 4.69) is 4.98 Å². The molecular weight excluding hydrogens is 322 g/mol. The van der Waals surface area contributed by atoms with Crippen molar-refractivity contribution in [2.45, 2.75) is 5.25 Å². The Hall–Kier alpha value is -1.71. The number of rotatable bonds is 5. The molecule has 0 unspecified atom stereocenters. The van der Waals surface area contributed by atoms with Crippen LogP contribution in [0.5, 0.6) is 5.75 Å². The standard InChI is InChI=1S/C14H19N3O5S/c18-14(11-22-12-2-1-3-15-8-12)16-9-13(10-16)23(19,20)17-4-6-21-7-5-17/h1-3,8,13H,4-7,9-11H2. The van der Waals surface area contributed by atoms with E-state index < -0.39 is 15.3 Å². The van der Waals surface area contributed by atoms with Gasteiger partial charge in [-0.15, -0.1) is 0 Å². The number of likely N-dealkylation sites (tertiary alicyclic amines) is 1. The summed E-state index contributed by atoms with van der Waals surface area (Å²) in [6.45, 7) is 1.94. The Labute approximate surface area is 135 Å². The number of hydrogen-bond acceptors (Lipinski definition) is 6. The summed E-state index contributed by atoms with van der Waals surface area (Å²) >= 11 is 0. The maximum Gasteiger partial charge on any atom is 0.260 e. The molecule has 0 aliphatic carbocycles. The van der Waals surface area contributed by atoms with Crippen LogP contribution >= 0.6 is 0 Å². The molecule has 23 heavy (non-hydrogen) atoms. The minimum Gasteiger partial charge on any atom is -0.482 e. The lowest BCUT2D eigenvalue weighted by molar-refractivity contribution is -0.136. The van der Waals surface area contributed by atoms with Gasteiger partial charge < -0.3 is 14.4 Å². The van der Waals surface area contributed by atoms with E-state index in [4.69, 9.17) is 9.47 Å². The predicted octanol–water partition coefficient (Wildman–Crippen LogP) is -0.667. The molecule has 0 N–H and O–H groups in total. The molecule has 0 spiro atoms. The zero-order chi connectivity index (χ0) is 16.3. The van der Waals surface area contributed by atoms with Gasteiger partial charge in [0.1, 0.15) is 11.0 Å². The molecule has 9 heteroatoms. The van der Waals surface area contributed by atoms with Gasteiger partial charge >= 0.3 is 0 Å². The van der Waals surface area contributed by atoms with Crippen molar-refractivity contribution in [2.75, 3.05) is 46.0 Å². The van der Waals surface area contributed by atoms with Gasteiger partial charge in [0.2, 0.25) is 10.0 Å². The molecule has 2 saturated heterocycles. The Morgan fingerprint density at radius 2 is 2.09 bits per heavy atom. The van der Waals surface area contributed by atoms with Crippen LogP contribution in [0.15, 0.2) is 24.5 Å². The van der Waals surface area contributed by atoms with Gasteiger partial charge in [-0.2, -0.15) is 4.31 Å². The van der Waals surface area contributed by atoms with Gasteiger partial charge in [0.15, 0.2) is 6.61 Å². The maximum absolute atomic E-state index is 12.4. The molecule has 0 radical (unpaired) electrons. The van der Waals surface area contributed by atoms with Crippen molar-refractivity contribution in [3.8, 4) is 5.75 Å². The first kappa shape index (κ1) is 16.2. The summed E-state index contributed by atoms with van der Waals surface area (Å²) in [5, 5.41) is -0.525. The zero-order valence-electron chi connectivity index (χ0n) is 12.6. The molecule has 1 aromatic rings. The molecule has 0 aromatic carbocycles. The average molecular weight is 341 g/mol. The van der Waals surface area contributed by atoms with Crippen molar-refractivity contribution in [2.24, 2.45) is 0 Å². The van der Waals surface area contributed by atoms with Crippen molar-refractivity contribution >= 4 is 15.9 Å². The van der Waals surface area contributed by atoms with Gasteiger partial charge in [-0.1, -0.05) is 0 Å². The van der Waals surface area contributed by atoms with E-state index in [0.717, 1.165) is 0 Å². The number of pyridine rings is 1. The first-order valence-corrected chi connectivity index (χ1v) is 8.95. The van der Waals surface area contributed by atoms with Gasteiger partial charge in [-0.3, -0.25) is 9.78 Å². The van der Waals surface area contributed by atoms with E-state index in [-0.39, 0.29) is 25.6 Å². The fraction of sp³-hybridized carbons (Fsp3) is 0.571. The molecule has 2 aliphatic rings. The SMILES string of the molecule is O=C(COc1cccnc1)N1CC(S(=O)(=O)N2CCOCC2)C1. The highest BCUT2D eigenvalue weighted by molar-refractivity contribution is 7.89. The molecule has 2 aliphatic heterocycles. The van der Waals surface area contributed by atoms with Gasteiger partial charge in [-0.05, 0) is 12.1 Å². The monoisotopic (exact) mass is 341 g/mol. The summed E-state index contributed by atoms with van der Waals surface area (Å²) in [7, 11) is -3.35. The van der Waals surface area contributed by atoms with Crippen LogP contribution < -0.4 is 4.74 Å². The van der Waals surface area contributed by atoms with E-state index in [9.17, 15) is 13.2 Å². The van der Waals surface area contributed by atoms with Gasteiger partial charge in [0.05, 0.1) is 19.4 Å². The van der Waals surface area contributed by atoms with E-state index in [1.54, 1.807) is 18.3 Å². The number of aromatic nitrogens is 1. The maximum atomic E-state index is 12.4. The summed E-state index contributed by atoms with van der Waals surface area (Å²) in [6, 6.07) is 3.43. The largest absolute Gasteiger partial charge is 0.482 e. The van der Waals surface area contributed by atoms with E-state index in [1.807, 2.05) is 0 Å². The fourth-order valence-corrected chi connectivity index (χ4v) is 4.33. The molecule has 3 heterocycles. The van der Waals surface area contributed by atoms with Crippen molar-refractivity contribution in [3.05, 3.63) is 24.5 Å². The van der Waals surface area contributed by atoms with Gasteiger partial charge in [0.25, 0.3) is 5.91 Å².